The fraction of sp³-hybridized carbons (Fsp3) is 0.222. The molecule has 0 aliphatic heterocycles. The van der Waals surface area contributed by atoms with Crippen LogP contribution in [-0.4, -0.2) is 22.6 Å². The number of methoxy groups -OCH3 is 1. The molecule has 0 unspecified atom stereocenters. The zero-order valence-electron chi connectivity index (χ0n) is 8.31. The van der Waals surface area contributed by atoms with Gasteiger partial charge in [0.2, 0.25) is 0 Å². The Morgan fingerprint density at radius 1 is 1.53 bits per heavy atom. The van der Waals surface area contributed by atoms with Crippen LogP contribution in [0, 0.1) is 6.92 Å². The zero-order valence-corrected chi connectivity index (χ0v) is 8.31. The number of nitrogens with one attached hydrogen (secondary N) is 1. The first-order valence-corrected chi connectivity index (χ1v) is 4.13. The Morgan fingerprint density at radius 2 is 2.20 bits per heavy atom. The third-order valence-electron chi connectivity index (χ3n) is 1.72. The van der Waals surface area contributed by atoms with Crippen molar-refractivity contribution in [2.45, 2.75) is 6.92 Å². The highest BCUT2D eigenvalue weighted by molar-refractivity contribution is 5.84. The summed E-state index contributed by atoms with van der Waals surface area (Å²) in [4.78, 5) is 35.0. The summed E-state index contributed by atoms with van der Waals surface area (Å²) in [6.45, 7) is 1.56. The molecule has 1 heterocycles. The molecule has 0 bridgehead atoms. The summed E-state index contributed by atoms with van der Waals surface area (Å²) in [5, 5.41) is 0. The lowest BCUT2D eigenvalue weighted by atomic mass is 10.4. The lowest BCUT2D eigenvalue weighted by Crippen LogP contribution is -2.28. The third-order valence-corrected chi connectivity index (χ3v) is 1.72. The SMILES string of the molecule is COC(=O)C=Cn1cc(C)c(=O)[nH]c1=O. The number of aromatic amines is 1. The van der Waals surface area contributed by atoms with Crippen molar-refractivity contribution < 1.29 is 9.53 Å². The van der Waals surface area contributed by atoms with E-state index in [1.807, 2.05) is 0 Å². The number of aryl methyl sites for hydroxylation is 1. The Morgan fingerprint density at radius 3 is 2.80 bits per heavy atom. The van der Waals surface area contributed by atoms with Gasteiger partial charge in [0.05, 0.1) is 7.11 Å². The highest BCUT2D eigenvalue weighted by Crippen LogP contribution is 1.86. The van der Waals surface area contributed by atoms with Crippen LogP contribution in [0.2, 0.25) is 0 Å². The molecule has 0 amide bonds. The maximum atomic E-state index is 11.2. The van der Waals surface area contributed by atoms with Gasteiger partial charge in [-0.1, -0.05) is 0 Å². The van der Waals surface area contributed by atoms with E-state index in [-0.39, 0.29) is 0 Å². The van der Waals surface area contributed by atoms with Crippen molar-refractivity contribution in [2.75, 3.05) is 7.11 Å². The topological polar surface area (TPSA) is 81.2 Å². The number of carbonyl (C=O) groups excluding carboxylic acids is 1. The largest absolute Gasteiger partial charge is 0.466 e. The summed E-state index contributed by atoms with van der Waals surface area (Å²) in [5.41, 5.74) is -0.669. The van der Waals surface area contributed by atoms with Crippen molar-refractivity contribution >= 4 is 12.2 Å². The fourth-order valence-electron chi connectivity index (χ4n) is 0.906. The number of ether oxygens (including phenoxy) is 1. The molecule has 1 rings (SSSR count). The van der Waals surface area contributed by atoms with Crippen LogP contribution in [0.1, 0.15) is 5.56 Å². The molecule has 0 radical (unpaired) electrons. The molecular weight excluding hydrogens is 200 g/mol. The first kappa shape index (κ1) is 11.0. The average Bonchev–Trinajstić information content (AvgIpc) is 2.21. The maximum absolute atomic E-state index is 11.2. The minimum Gasteiger partial charge on any atom is -0.466 e. The molecule has 1 N–H and O–H groups in total. The second kappa shape index (κ2) is 4.41. The van der Waals surface area contributed by atoms with Crippen molar-refractivity contribution in [3.8, 4) is 0 Å². The van der Waals surface area contributed by atoms with Gasteiger partial charge in [-0.15, -0.1) is 0 Å². The number of hydrogen-bond donors (Lipinski definition) is 1. The Balaban J connectivity index is 3.12. The van der Waals surface area contributed by atoms with Crippen molar-refractivity contribution in [1.29, 1.82) is 0 Å². The summed E-state index contributed by atoms with van der Waals surface area (Å²) in [6.07, 6.45) is 3.64. The van der Waals surface area contributed by atoms with Crippen LogP contribution in [0.4, 0.5) is 0 Å². The lowest BCUT2D eigenvalue weighted by molar-refractivity contribution is -0.134. The first-order valence-electron chi connectivity index (χ1n) is 4.13. The summed E-state index contributed by atoms with van der Waals surface area (Å²) in [5.74, 6) is -0.578. The van der Waals surface area contributed by atoms with E-state index < -0.39 is 17.2 Å². The molecular formula is C9H10N2O4. The zero-order chi connectivity index (χ0) is 11.4. The van der Waals surface area contributed by atoms with Crippen LogP contribution >= 0.6 is 0 Å². The summed E-state index contributed by atoms with van der Waals surface area (Å²) >= 11 is 0. The van der Waals surface area contributed by atoms with Crippen LogP contribution in [0.15, 0.2) is 21.9 Å². The highest BCUT2D eigenvalue weighted by Gasteiger charge is 1.98. The van der Waals surface area contributed by atoms with E-state index in [1.54, 1.807) is 6.92 Å². The van der Waals surface area contributed by atoms with Crippen LogP contribution in [-0.2, 0) is 9.53 Å². The number of esters is 1. The van der Waals surface area contributed by atoms with Gasteiger partial charge in [-0.25, -0.2) is 9.59 Å². The molecule has 15 heavy (non-hydrogen) atoms. The van der Waals surface area contributed by atoms with Crippen LogP contribution < -0.4 is 11.2 Å². The van der Waals surface area contributed by atoms with E-state index in [1.165, 1.54) is 19.5 Å². The number of aromatic nitrogens is 2. The van der Waals surface area contributed by atoms with E-state index in [9.17, 15) is 14.4 Å². The van der Waals surface area contributed by atoms with Gasteiger partial charge in [-0.3, -0.25) is 14.3 Å². The molecule has 80 valence electrons. The van der Waals surface area contributed by atoms with E-state index >= 15 is 0 Å². The molecule has 0 saturated heterocycles. The summed E-state index contributed by atoms with van der Waals surface area (Å²) < 4.78 is 5.44. The van der Waals surface area contributed by atoms with Crippen molar-refractivity contribution in [2.24, 2.45) is 0 Å². The molecule has 0 spiro atoms. The smallest absolute Gasteiger partial charge is 0.332 e. The van der Waals surface area contributed by atoms with Gasteiger partial charge in [-0.2, -0.15) is 0 Å². The molecule has 0 fully saturated rings. The monoisotopic (exact) mass is 210 g/mol. The van der Waals surface area contributed by atoms with E-state index in [0.717, 1.165) is 10.6 Å². The standard InChI is InChI=1S/C9H10N2O4/c1-6-5-11(4-3-7(12)15-2)9(14)10-8(6)13/h3-5H,1-2H3,(H,10,13,14). The van der Waals surface area contributed by atoms with Crippen LogP contribution in [0.25, 0.3) is 6.20 Å². The molecule has 0 aromatic carbocycles. The van der Waals surface area contributed by atoms with Gasteiger partial charge >= 0.3 is 11.7 Å². The maximum Gasteiger partial charge on any atom is 0.332 e. The van der Waals surface area contributed by atoms with Crippen molar-refractivity contribution in [1.82, 2.24) is 9.55 Å². The van der Waals surface area contributed by atoms with Gasteiger partial charge in [0, 0.05) is 24.0 Å². The second-order valence-electron chi connectivity index (χ2n) is 2.82. The normalized spacial score (nSPS) is 10.5. The summed E-state index contributed by atoms with van der Waals surface area (Å²) in [6, 6.07) is 0. The van der Waals surface area contributed by atoms with E-state index in [2.05, 4.69) is 9.72 Å². The molecule has 0 atom stereocenters. The first-order chi connectivity index (χ1) is 7.04. The van der Waals surface area contributed by atoms with E-state index in [4.69, 9.17) is 0 Å². The predicted octanol–water partition coefficient (Wildman–Crippen LogP) is -0.511. The van der Waals surface area contributed by atoms with Gasteiger partial charge < -0.3 is 4.74 Å². The lowest BCUT2D eigenvalue weighted by Gasteiger charge is -1.98. The Labute approximate surface area is 84.8 Å². The third kappa shape index (κ3) is 2.67. The fourth-order valence-corrected chi connectivity index (χ4v) is 0.906. The quantitative estimate of drug-likeness (QED) is 0.526. The summed E-state index contributed by atoms with van der Waals surface area (Å²) in [7, 11) is 1.23. The predicted molar refractivity (Wildman–Crippen MR) is 53.4 cm³/mol. The second-order valence-corrected chi connectivity index (χ2v) is 2.82. The van der Waals surface area contributed by atoms with Gasteiger partial charge in [0.25, 0.3) is 5.56 Å². The van der Waals surface area contributed by atoms with Crippen molar-refractivity contribution in [3.05, 3.63) is 38.7 Å². The van der Waals surface area contributed by atoms with Gasteiger partial charge in [-0.05, 0) is 6.92 Å². The molecule has 0 aliphatic rings. The molecule has 6 heteroatoms. The van der Waals surface area contributed by atoms with Crippen LogP contribution in [0.3, 0.4) is 0 Å². The van der Waals surface area contributed by atoms with Crippen LogP contribution in [0.5, 0.6) is 0 Å². The Bertz CT molecular complexity index is 510. The van der Waals surface area contributed by atoms with Gasteiger partial charge in [0.15, 0.2) is 0 Å². The Kier molecular flexibility index (Phi) is 3.22. The molecule has 1 aromatic heterocycles. The number of hydrogen-bond acceptors (Lipinski definition) is 4. The minimum absolute atomic E-state index is 0.379. The molecule has 0 saturated carbocycles. The number of carbonyl (C=O) groups is 1. The van der Waals surface area contributed by atoms with Gasteiger partial charge in [0.1, 0.15) is 0 Å². The van der Waals surface area contributed by atoms with E-state index in [0.29, 0.717) is 5.56 Å². The van der Waals surface area contributed by atoms with Crippen molar-refractivity contribution in [3.63, 3.8) is 0 Å². The highest BCUT2D eigenvalue weighted by atomic mass is 16.5. The molecule has 1 aromatic rings. The minimum atomic E-state index is -0.606. The molecule has 6 nitrogen and oxygen atoms in total. The average molecular weight is 210 g/mol. The number of nitrogens with zero attached hydrogens (tertiary/aromatic N) is 1. The number of H-pyrrole nitrogens is 1. The number of rotatable bonds is 2. The molecule has 0 aliphatic carbocycles. The Hall–Kier alpha value is -2.11.